The Morgan fingerprint density at radius 1 is 1.50 bits per heavy atom. The zero-order valence-corrected chi connectivity index (χ0v) is 10.9. The molecule has 0 amide bonds. The van der Waals surface area contributed by atoms with Crippen molar-refractivity contribution in [2.24, 2.45) is 7.05 Å². The zero-order valence-electron chi connectivity index (χ0n) is 10.9. The number of rotatable bonds is 4. The second-order valence-electron chi connectivity index (χ2n) is 5.64. The molecule has 3 heteroatoms. The highest BCUT2D eigenvalue weighted by Gasteiger charge is 2.31. The van der Waals surface area contributed by atoms with Crippen LogP contribution in [-0.2, 0) is 13.6 Å². The molecule has 1 fully saturated rings. The average Bonchev–Trinajstić information content (AvgIpc) is 2.54. The first-order valence-corrected chi connectivity index (χ1v) is 6.28. The minimum atomic E-state index is 0.379. The summed E-state index contributed by atoms with van der Waals surface area (Å²) in [4.78, 5) is 0. The van der Waals surface area contributed by atoms with Crippen LogP contribution in [0.5, 0.6) is 0 Å². The molecule has 0 aliphatic heterocycles. The van der Waals surface area contributed by atoms with Crippen LogP contribution < -0.4 is 5.32 Å². The lowest BCUT2D eigenvalue weighted by molar-refractivity contribution is 0.206. The maximum atomic E-state index is 4.53. The van der Waals surface area contributed by atoms with Crippen molar-refractivity contribution < 1.29 is 0 Å². The lowest BCUT2D eigenvalue weighted by atomic mass is 9.78. The van der Waals surface area contributed by atoms with Crippen LogP contribution in [0.1, 0.15) is 57.2 Å². The van der Waals surface area contributed by atoms with Gasteiger partial charge in [-0.05, 0) is 32.1 Å². The molecule has 3 nitrogen and oxygen atoms in total. The Morgan fingerprint density at radius 2 is 2.19 bits per heavy atom. The van der Waals surface area contributed by atoms with E-state index in [0.29, 0.717) is 11.5 Å². The molecule has 0 spiro atoms. The van der Waals surface area contributed by atoms with Gasteiger partial charge < -0.3 is 5.32 Å². The molecule has 0 bridgehead atoms. The molecular formula is C13H23N3. The Labute approximate surface area is 98.2 Å². The molecule has 0 aromatic carbocycles. The van der Waals surface area contributed by atoms with E-state index in [0.717, 1.165) is 6.54 Å². The zero-order chi connectivity index (χ0) is 11.8. The molecule has 0 unspecified atom stereocenters. The van der Waals surface area contributed by atoms with E-state index >= 15 is 0 Å². The molecule has 2 rings (SSSR count). The fraction of sp³-hybridized carbons (Fsp3) is 0.769. The highest BCUT2D eigenvalue weighted by atomic mass is 15.3. The lowest BCUT2D eigenvalue weighted by Crippen LogP contribution is -2.47. The summed E-state index contributed by atoms with van der Waals surface area (Å²) in [7, 11) is 2.00. The highest BCUT2D eigenvalue weighted by Crippen LogP contribution is 2.31. The van der Waals surface area contributed by atoms with Crippen LogP contribution in [-0.4, -0.2) is 15.3 Å². The summed E-state index contributed by atoms with van der Waals surface area (Å²) in [5.74, 6) is 0.507. The monoisotopic (exact) mass is 221 g/mol. The van der Waals surface area contributed by atoms with Gasteiger partial charge in [-0.3, -0.25) is 4.68 Å². The normalized spacial score (nSPS) is 18.8. The molecule has 1 saturated carbocycles. The topological polar surface area (TPSA) is 29.9 Å². The number of hydrogen-bond acceptors (Lipinski definition) is 2. The summed E-state index contributed by atoms with van der Waals surface area (Å²) in [6.07, 6.45) is 6.13. The maximum absolute atomic E-state index is 4.53. The third kappa shape index (κ3) is 2.29. The van der Waals surface area contributed by atoms with Crippen LogP contribution in [0.4, 0.5) is 0 Å². The van der Waals surface area contributed by atoms with Crippen molar-refractivity contribution in [2.45, 2.75) is 58.0 Å². The Morgan fingerprint density at radius 3 is 2.69 bits per heavy atom. The van der Waals surface area contributed by atoms with E-state index in [1.807, 2.05) is 11.7 Å². The van der Waals surface area contributed by atoms with Gasteiger partial charge in [0.1, 0.15) is 0 Å². The second kappa shape index (κ2) is 4.21. The second-order valence-corrected chi connectivity index (χ2v) is 5.64. The van der Waals surface area contributed by atoms with Gasteiger partial charge in [0.2, 0.25) is 0 Å². The first-order chi connectivity index (χ1) is 7.50. The van der Waals surface area contributed by atoms with Gasteiger partial charge >= 0.3 is 0 Å². The predicted octanol–water partition coefficient (Wildman–Crippen LogP) is 2.58. The van der Waals surface area contributed by atoms with E-state index in [4.69, 9.17) is 0 Å². The van der Waals surface area contributed by atoms with Gasteiger partial charge in [-0.15, -0.1) is 0 Å². The molecule has 0 saturated heterocycles. The summed E-state index contributed by atoms with van der Waals surface area (Å²) < 4.78 is 1.93. The molecule has 0 radical (unpaired) electrons. The number of aromatic nitrogens is 2. The van der Waals surface area contributed by atoms with Crippen LogP contribution in [0.3, 0.4) is 0 Å². The van der Waals surface area contributed by atoms with Crippen molar-refractivity contribution in [1.82, 2.24) is 15.1 Å². The van der Waals surface area contributed by atoms with E-state index in [1.165, 1.54) is 30.5 Å². The van der Waals surface area contributed by atoms with Gasteiger partial charge in [-0.25, -0.2) is 0 Å². The molecule has 1 aliphatic carbocycles. The Bertz CT molecular complexity index is 361. The molecule has 0 atom stereocenters. The molecule has 1 aromatic rings. The van der Waals surface area contributed by atoms with E-state index in [2.05, 4.69) is 37.4 Å². The van der Waals surface area contributed by atoms with Crippen LogP contribution in [0.15, 0.2) is 6.20 Å². The predicted molar refractivity (Wildman–Crippen MR) is 66.4 cm³/mol. The first kappa shape index (κ1) is 11.6. The van der Waals surface area contributed by atoms with E-state index in [9.17, 15) is 0 Å². The van der Waals surface area contributed by atoms with Gasteiger partial charge in [0.05, 0.1) is 5.69 Å². The van der Waals surface area contributed by atoms with Gasteiger partial charge in [0.25, 0.3) is 0 Å². The van der Waals surface area contributed by atoms with Crippen LogP contribution >= 0.6 is 0 Å². The summed E-state index contributed by atoms with van der Waals surface area (Å²) >= 11 is 0. The lowest BCUT2D eigenvalue weighted by Gasteiger charge is -2.39. The van der Waals surface area contributed by atoms with Crippen molar-refractivity contribution in [3.05, 3.63) is 17.5 Å². The average molecular weight is 221 g/mol. The molecule has 90 valence electrons. The Hall–Kier alpha value is -0.830. The van der Waals surface area contributed by atoms with Gasteiger partial charge in [-0.2, -0.15) is 5.10 Å². The smallest absolute Gasteiger partial charge is 0.0694 e. The van der Waals surface area contributed by atoms with Crippen molar-refractivity contribution >= 4 is 0 Å². The third-order valence-corrected chi connectivity index (χ3v) is 3.65. The Kier molecular flexibility index (Phi) is 3.06. The maximum Gasteiger partial charge on any atom is 0.0694 e. The molecule has 1 aliphatic rings. The van der Waals surface area contributed by atoms with Crippen LogP contribution in [0.2, 0.25) is 0 Å². The molecule has 1 N–H and O–H groups in total. The van der Waals surface area contributed by atoms with Crippen LogP contribution in [0.25, 0.3) is 0 Å². The van der Waals surface area contributed by atoms with Crippen molar-refractivity contribution in [2.75, 3.05) is 0 Å². The summed E-state index contributed by atoms with van der Waals surface area (Å²) in [5, 5.41) is 8.20. The fourth-order valence-electron chi connectivity index (χ4n) is 2.37. The minimum Gasteiger partial charge on any atom is -0.307 e. The van der Waals surface area contributed by atoms with Crippen molar-refractivity contribution in [1.29, 1.82) is 0 Å². The Balaban J connectivity index is 2.03. The first-order valence-electron chi connectivity index (χ1n) is 6.28. The quantitative estimate of drug-likeness (QED) is 0.847. The molecule has 1 aromatic heterocycles. The number of nitrogens with one attached hydrogen (secondary N) is 1. The number of nitrogens with zero attached hydrogens (tertiary/aromatic N) is 2. The fourth-order valence-corrected chi connectivity index (χ4v) is 2.37. The van der Waals surface area contributed by atoms with Gasteiger partial charge in [0, 0.05) is 30.9 Å². The third-order valence-electron chi connectivity index (χ3n) is 3.65. The molecular weight excluding hydrogens is 198 g/mol. The van der Waals surface area contributed by atoms with Crippen molar-refractivity contribution in [3.63, 3.8) is 0 Å². The SMILES string of the molecule is CC(C)c1nn(C)cc1CNC1(C)CCC1. The molecule has 16 heavy (non-hydrogen) atoms. The summed E-state index contributed by atoms with van der Waals surface area (Å²) in [6, 6.07) is 0. The van der Waals surface area contributed by atoms with E-state index < -0.39 is 0 Å². The largest absolute Gasteiger partial charge is 0.307 e. The van der Waals surface area contributed by atoms with E-state index in [-0.39, 0.29) is 0 Å². The minimum absolute atomic E-state index is 0.379. The number of hydrogen-bond donors (Lipinski definition) is 1. The van der Waals surface area contributed by atoms with Gasteiger partial charge in [-0.1, -0.05) is 13.8 Å². The summed E-state index contributed by atoms with van der Waals surface area (Å²) in [6.45, 7) is 7.69. The van der Waals surface area contributed by atoms with Crippen molar-refractivity contribution in [3.8, 4) is 0 Å². The molecule has 1 heterocycles. The van der Waals surface area contributed by atoms with Gasteiger partial charge in [0.15, 0.2) is 0 Å². The summed E-state index contributed by atoms with van der Waals surface area (Å²) in [5.41, 5.74) is 2.97. The van der Waals surface area contributed by atoms with E-state index in [1.54, 1.807) is 0 Å². The highest BCUT2D eigenvalue weighted by molar-refractivity contribution is 5.20. The number of aryl methyl sites for hydroxylation is 1. The van der Waals surface area contributed by atoms with Crippen LogP contribution in [0, 0.1) is 0 Å². The standard InChI is InChI=1S/C13H23N3/c1-10(2)12-11(9-16(4)15-12)8-14-13(3)6-5-7-13/h9-10,14H,5-8H2,1-4H3.